The first kappa shape index (κ1) is 18.1. The van der Waals surface area contributed by atoms with Gasteiger partial charge in [-0.1, -0.05) is 12.1 Å². The monoisotopic (exact) mass is 335 g/mol. The van der Waals surface area contributed by atoms with Crippen molar-refractivity contribution in [2.24, 2.45) is 5.73 Å². The van der Waals surface area contributed by atoms with Crippen molar-refractivity contribution in [2.75, 3.05) is 32.9 Å². The van der Waals surface area contributed by atoms with Crippen molar-refractivity contribution in [3.05, 3.63) is 29.8 Å². The van der Waals surface area contributed by atoms with Gasteiger partial charge in [0.25, 0.3) is 0 Å². The summed E-state index contributed by atoms with van der Waals surface area (Å²) in [5.41, 5.74) is 6.37. The van der Waals surface area contributed by atoms with E-state index in [4.69, 9.17) is 5.73 Å². The molecule has 0 aliphatic heterocycles. The van der Waals surface area contributed by atoms with E-state index >= 15 is 0 Å². The molecule has 1 rings (SSSR count). The maximum Gasteiger partial charge on any atom is 0.240 e. The molecule has 1 aromatic rings. The average molecular weight is 335 g/mol. The molecule has 0 fully saturated rings. The first-order chi connectivity index (χ1) is 9.69. The van der Waals surface area contributed by atoms with Crippen LogP contribution in [-0.4, -0.2) is 54.1 Å². The summed E-state index contributed by atoms with van der Waals surface area (Å²) in [7, 11) is -4.32. The number of nitrogens with two attached hydrogens (primary N) is 1. The Bertz CT molecular complexity index is 652. The molecule has 21 heavy (non-hydrogen) atoms. The third kappa shape index (κ3) is 5.36. The Kier molecular flexibility index (Phi) is 6.29. The van der Waals surface area contributed by atoms with E-state index < -0.39 is 20.0 Å². The SMILES string of the molecule is CN(C)S(=O)(=O)CCNS(=O)(=O)c1ccc(CCN)cc1. The number of sulfonamides is 2. The van der Waals surface area contributed by atoms with Crippen molar-refractivity contribution in [3.63, 3.8) is 0 Å². The summed E-state index contributed by atoms with van der Waals surface area (Å²) in [5.74, 6) is -0.287. The molecule has 0 radical (unpaired) electrons. The van der Waals surface area contributed by atoms with Gasteiger partial charge in [0, 0.05) is 20.6 Å². The quantitative estimate of drug-likeness (QED) is 0.656. The first-order valence-electron chi connectivity index (χ1n) is 6.38. The molecule has 0 aromatic heterocycles. The van der Waals surface area contributed by atoms with E-state index in [2.05, 4.69) is 4.72 Å². The number of rotatable bonds is 8. The predicted molar refractivity (Wildman–Crippen MR) is 81.9 cm³/mol. The molecule has 0 spiro atoms. The lowest BCUT2D eigenvalue weighted by atomic mass is 10.2. The highest BCUT2D eigenvalue weighted by Gasteiger charge is 2.17. The molecule has 120 valence electrons. The molecule has 1 aromatic carbocycles. The van der Waals surface area contributed by atoms with Crippen LogP contribution in [0.1, 0.15) is 5.56 Å². The fourth-order valence-corrected chi connectivity index (χ4v) is 3.46. The van der Waals surface area contributed by atoms with Gasteiger partial charge in [0.15, 0.2) is 0 Å². The molecule has 0 aliphatic carbocycles. The highest BCUT2D eigenvalue weighted by atomic mass is 32.2. The molecule has 0 atom stereocenters. The van der Waals surface area contributed by atoms with Crippen LogP contribution in [-0.2, 0) is 26.5 Å². The summed E-state index contributed by atoms with van der Waals surface area (Å²) in [4.78, 5) is 0.102. The molecule has 3 N–H and O–H groups in total. The van der Waals surface area contributed by atoms with Crippen molar-refractivity contribution in [3.8, 4) is 0 Å². The average Bonchev–Trinajstić information content (AvgIpc) is 2.39. The van der Waals surface area contributed by atoms with Crippen LogP contribution in [0.25, 0.3) is 0 Å². The number of nitrogens with one attached hydrogen (secondary N) is 1. The predicted octanol–water partition coefficient (Wildman–Crippen LogP) is -0.642. The van der Waals surface area contributed by atoms with Gasteiger partial charge >= 0.3 is 0 Å². The molecular formula is C12H21N3O4S2. The van der Waals surface area contributed by atoms with Gasteiger partial charge in [-0.2, -0.15) is 0 Å². The number of benzene rings is 1. The summed E-state index contributed by atoms with van der Waals surface area (Å²) in [5, 5.41) is 0. The second-order valence-corrected chi connectivity index (χ2v) is 8.75. The van der Waals surface area contributed by atoms with Crippen molar-refractivity contribution in [1.82, 2.24) is 9.03 Å². The zero-order valence-electron chi connectivity index (χ0n) is 12.1. The second-order valence-electron chi connectivity index (χ2n) is 4.68. The molecular weight excluding hydrogens is 314 g/mol. The highest BCUT2D eigenvalue weighted by molar-refractivity contribution is 7.90. The van der Waals surface area contributed by atoms with Crippen LogP contribution in [0.4, 0.5) is 0 Å². The van der Waals surface area contributed by atoms with Gasteiger partial charge in [0.05, 0.1) is 10.6 Å². The van der Waals surface area contributed by atoms with Gasteiger partial charge < -0.3 is 5.73 Å². The lowest BCUT2D eigenvalue weighted by Gasteiger charge is -2.12. The van der Waals surface area contributed by atoms with Crippen molar-refractivity contribution in [2.45, 2.75) is 11.3 Å². The van der Waals surface area contributed by atoms with Crippen LogP contribution < -0.4 is 10.5 Å². The lowest BCUT2D eigenvalue weighted by Crippen LogP contribution is -2.33. The summed E-state index contributed by atoms with van der Waals surface area (Å²) < 4.78 is 50.5. The maximum absolute atomic E-state index is 12.0. The minimum Gasteiger partial charge on any atom is -0.330 e. The summed E-state index contributed by atoms with van der Waals surface area (Å²) in [6, 6.07) is 6.34. The number of hydrogen-bond donors (Lipinski definition) is 2. The topological polar surface area (TPSA) is 110 Å². The Morgan fingerprint density at radius 3 is 2.14 bits per heavy atom. The third-order valence-corrected chi connectivity index (χ3v) is 6.18. The van der Waals surface area contributed by atoms with E-state index in [-0.39, 0.29) is 17.2 Å². The smallest absolute Gasteiger partial charge is 0.240 e. The Morgan fingerprint density at radius 2 is 1.67 bits per heavy atom. The molecule has 0 bridgehead atoms. The van der Waals surface area contributed by atoms with Crippen LogP contribution >= 0.6 is 0 Å². The Labute approximate surface area is 126 Å². The van der Waals surface area contributed by atoms with Crippen LogP contribution in [0.2, 0.25) is 0 Å². The maximum atomic E-state index is 12.0. The molecule has 0 amide bonds. The van der Waals surface area contributed by atoms with Crippen LogP contribution in [0, 0.1) is 0 Å². The van der Waals surface area contributed by atoms with Crippen LogP contribution in [0.3, 0.4) is 0 Å². The summed E-state index contributed by atoms with van der Waals surface area (Å²) >= 11 is 0. The van der Waals surface area contributed by atoms with E-state index in [9.17, 15) is 16.8 Å². The molecule has 9 heteroatoms. The largest absolute Gasteiger partial charge is 0.330 e. The van der Waals surface area contributed by atoms with Gasteiger partial charge in [-0.15, -0.1) is 0 Å². The van der Waals surface area contributed by atoms with E-state index in [1.54, 1.807) is 12.1 Å². The van der Waals surface area contributed by atoms with Crippen molar-refractivity contribution < 1.29 is 16.8 Å². The van der Waals surface area contributed by atoms with Crippen LogP contribution in [0.15, 0.2) is 29.2 Å². The Morgan fingerprint density at radius 1 is 1.10 bits per heavy atom. The van der Waals surface area contributed by atoms with E-state index in [0.717, 1.165) is 9.87 Å². The number of hydrogen-bond acceptors (Lipinski definition) is 5. The van der Waals surface area contributed by atoms with Crippen molar-refractivity contribution >= 4 is 20.0 Å². The molecule has 0 saturated heterocycles. The highest BCUT2D eigenvalue weighted by Crippen LogP contribution is 2.10. The fourth-order valence-electron chi connectivity index (χ4n) is 1.57. The molecule has 0 unspecified atom stereocenters. The second kappa shape index (κ2) is 7.32. The lowest BCUT2D eigenvalue weighted by molar-refractivity contribution is 0.519. The van der Waals surface area contributed by atoms with Crippen LogP contribution in [0.5, 0.6) is 0 Å². The standard InChI is InChI=1S/C12H21N3O4S2/c1-15(2)20(16,17)10-9-14-21(18,19)12-5-3-11(4-6-12)7-8-13/h3-6,14H,7-10,13H2,1-2H3. The van der Waals surface area contributed by atoms with E-state index in [1.165, 1.54) is 26.2 Å². The first-order valence-corrected chi connectivity index (χ1v) is 9.47. The third-order valence-electron chi connectivity index (χ3n) is 2.88. The minimum absolute atomic E-state index is 0.102. The normalized spacial score (nSPS) is 12.8. The fraction of sp³-hybridized carbons (Fsp3) is 0.500. The molecule has 0 heterocycles. The molecule has 0 saturated carbocycles. The summed E-state index contributed by atoms with van der Waals surface area (Å²) in [6.45, 7) is 0.320. The van der Waals surface area contributed by atoms with E-state index in [0.29, 0.717) is 13.0 Å². The summed E-state index contributed by atoms with van der Waals surface area (Å²) in [6.07, 6.45) is 0.675. The Hall–Kier alpha value is -1.00. The van der Waals surface area contributed by atoms with E-state index in [1.807, 2.05) is 0 Å². The Balaban J connectivity index is 2.69. The van der Waals surface area contributed by atoms with Gasteiger partial charge in [0.1, 0.15) is 0 Å². The van der Waals surface area contributed by atoms with Gasteiger partial charge in [-0.25, -0.2) is 25.9 Å². The number of nitrogens with zero attached hydrogens (tertiary/aromatic N) is 1. The van der Waals surface area contributed by atoms with Crippen molar-refractivity contribution in [1.29, 1.82) is 0 Å². The van der Waals surface area contributed by atoms with Gasteiger partial charge in [-0.05, 0) is 30.7 Å². The zero-order chi connectivity index (χ0) is 16.1. The minimum atomic E-state index is -3.70. The molecule has 0 aliphatic rings. The van der Waals surface area contributed by atoms with Gasteiger partial charge in [0.2, 0.25) is 20.0 Å². The molecule has 7 nitrogen and oxygen atoms in total. The van der Waals surface area contributed by atoms with Gasteiger partial charge in [-0.3, -0.25) is 0 Å². The zero-order valence-corrected chi connectivity index (χ0v) is 13.7.